The second kappa shape index (κ2) is 4.62. The summed E-state index contributed by atoms with van der Waals surface area (Å²) in [5.74, 6) is -0.213. The molecule has 0 aliphatic carbocycles. The van der Waals surface area contributed by atoms with Crippen LogP contribution in [0.1, 0.15) is 20.3 Å². The molecule has 0 rings (SSSR count). The van der Waals surface area contributed by atoms with Crippen LogP contribution in [0.3, 0.4) is 0 Å². The highest BCUT2D eigenvalue weighted by Gasteiger charge is 1.88. The van der Waals surface area contributed by atoms with Gasteiger partial charge in [-0.25, -0.2) is 0 Å². The van der Waals surface area contributed by atoms with E-state index in [2.05, 4.69) is 4.74 Å². The van der Waals surface area contributed by atoms with Crippen LogP contribution in [0, 0.1) is 6.42 Å². The number of hydrogen-bond acceptors (Lipinski definition) is 2. The molecule has 0 amide bonds. The molecule has 2 nitrogen and oxygen atoms in total. The lowest BCUT2D eigenvalue weighted by molar-refractivity contribution is -0.140. The highest BCUT2D eigenvalue weighted by molar-refractivity contribution is 5.65. The second-order valence-corrected chi connectivity index (χ2v) is 1.50. The summed E-state index contributed by atoms with van der Waals surface area (Å²) in [7, 11) is 0. The molecule has 0 fully saturated rings. The van der Waals surface area contributed by atoms with E-state index in [0.29, 0.717) is 6.61 Å². The van der Waals surface area contributed by atoms with Crippen molar-refractivity contribution in [3.63, 3.8) is 0 Å². The summed E-state index contributed by atoms with van der Waals surface area (Å²) in [6, 6.07) is 0. The summed E-state index contributed by atoms with van der Waals surface area (Å²) < 4.78 is 4.59. The zero-order valence-electron chi connectivity index (χ0n) is 5.31. The maximum atomic E-state index is 10.1. The summed E-state index contributed by atoms with van der Waals surface area (Å²) in [6.07, 6.45) is 2.86. The molecule has 0 unspecified atom stereocenters. The molecule has 0 spiro atoms. The van der Waals surface area contributed by atoms with Gasteiger partial charge in [-0.2, -0.15) is 0 Å². The molecule has 0 aromatic heterocycles. The Kier molecular flexibility index (Phi) is 4.32. The summed E-state index contributed by atoms with van der Waals surface area (Å²) in [4.78, 5) is 10.1. The van der Waals surface area contributed by atoms with Crippen molar-refractivity contribution < 1.29 is 9.53 Å². The topological polar surface area (TPSA) is 26.3 Å². The van der Waals surface area contributed by atoms with Crippen LogP contribution in [0.2, 0.25) is 0 Å². The van der Waals surface area contributed by atoms with E-state index in [0.717, 1.165) is 6.42 Å². The SMILES string of the molecule is CC[CH]COC(C)=O. The average Bonchev–Trinajstić information content (AvgIpc) is 1.66. The van der Waals surface area contributed by atoms with Crippen LogP contribution in [0.15, 0.2) is 0 Å². The van der Waals surface area contributed by atoms with Gasteiger partial charge in [0.05, 0.1) is 6.61 Å². The Labute approximate surface area is 49.8 Å². The lowest BCUT2D eigenvalue weighted by Gasteiger charge is -1.96. The third-order valence-corrected chi connectivity index (χ3v) is 0.693. The van der Waals surface area contributed by atoms with Gasteiger partial charge in [-0.15, -0.1) is 0 Å². The van der Waals surface area contributed by atoms with Gasteiger partial charge in [-0.1, -0.05) is 6.92 Å². The van der Waals surface area contributed by atoms with Gasteiger partial charge in [0.25, 0.3) is 0 Å². The molecule has 0 N–H and O–H groups in total. The molecule has 0 aliphatic heterocycles. The van der Waals surface area contributed by atoms with Crippen molar-refractivity contribution in [1.29, 1.82) is 0 Å². The largest absolute Gasteiger partial charge is 0.466 e. The molecule has 0 heterocycles. The highest BCUT2D eigenvalue weighted by Crippen LogP contribution is 1.85. The van der Waals surface area contributed by atoms with E-state index in [-0.39, 0.29) is 5.97 Å². The van der Waals surface area contributed by atoms with Gasteiger partial charge in [0, 0.05) is 6.92 Å². The monoisotopic (exact) mass is 115 g/mol. The predicted molar refractivity (Wildman–Crippen MR) is 31.2 cm³/mol. The maximum absolute atomic E-state index is 10.1. The lowest BCUT2D eigenvalue weighted by atomic mass is 10.4. The minimum absolute atomic E-state index is 0.213. The minimum Gasteiger partial charge on any atom is -0.466 e. The van der Waals surface area contributed by atoms with E-state index in [1.165, 1.54) is 6.92 Å². The maximum Gasteiger partial charge on any atom is 0.302 e. The van der Waals surface area contributed by atoms with Gasteiger partial charge in [0.15, 0.2) is 0 Å². The lowest BCUT2D eigenvalue weighted by Crippen LogP contribution is -1.99. The molecular weight excluding hydrogens is 104 g/mol. The van der Waals surface area contributed by atoms with E-state index >= 15 is 0 Å². The van der Waals surface area contributed by atoms with Gasteiger partial charge >= 0.3 is 5.97 Å². The van der Waals surface area contributed by atoms with Crippen LogP contribution >= 0.6 is 0 Å². The minimum atomic E-state index is -0.213. The molecule has 2 heteroatoms. The van der Waals surface area contributed by atoms with Crippen LogP contribution in [0.4, 0.5) is 0 Å². The first-order valence-electron chi connectivity index (χ1n) is 2.72. The van der Waals surface area contributed by atoms with Crippen LogP contribution in [-0.2, 0) is 9.53 Å². The summed E-state index contributed by atoms with van der Waals surface area (Å²) >= 11 is 0. The Morgan fingerprint density at radius 3 is 2.75 bits per heavy atom. The molecule has 47 valence electrons. The average molecular weight is 115 g/mol. The number of esters is 1. The number of carbonyl (C=O) groups is 1. The molecule has 1 radical (unpaired) electrons. The first-order valence-corrected chi connectivity index (χ1v) is 2.72. The van der Waals surface area contributed by atoms with Crippen molar-refractivity contribution in [3.05, 3.63) is 6.42 Å². The fourth-order valence-electron chi connectivity index (χ4n) is 0.294. The zero-order chi connectivity index (χ0) is 6.41. The van der Waals surface area contributed by atoms with Crippen molar-refractivity contribution in [3.8, 4) is 0 Å². The van der Waals surface area contributed by atoms with Crippen molar-refractivity contribution >= 4 is 5.97 Å². The summed E-state index contributed by atoms with van der Waals surface area (Å²) in [6.45, 7) is 3.86. The van der Waals surface area contributed by atoms with Gasteiger partial charge in [0.2, 0.25) is 0 Å². The molecule has 0 aromatic carbocycles. The van der Waals surface area contributed by atoms with Crippen LogP contribution in [0.5, 0.6) is 0 Å². The number of carbonyl (C=O) groups excluding carboxylic acids is 1. The first-order chi connectivity index (χ1) is 3.77. The quantitative estimate of drug-likeness (QED) is 0.407. The molecule has 0 saturated carbocycles. The number of hydrogen-bond donors (Lipinski definition) is 0. The zero-order valence-corrected chi connectivity index (χ0v) is 5.31. The van der Waals surface area contributed by atoms with E-state index in [9.17, 15) is 4.79 Å². The molecule has 0 atom stereocenters. The van der Waals surface area contributed by atoms with Crippen LogP contribution < -0.4 is 0 Å². The number of unbranched alkanes of at least 4 members (excludes halogenated alkanes) is 1. The van der Waals surface area contributed by atoms with E-state index in [1.54, 1.807) is 0 Å². The van der Waals surface area contributed by atoms with Crippen molar-refractivity contribution in [2.45, 2.75) is 20.3 Å². The third kappa shape index (κ3) is 5.47. The third-order valence-electron chi connectivity index (χ3n) is 0.693. The van der Waals surface area contributed by atoms with Crippen molar-refractivity contribution in [1.82, 2.24) is 0 Å². The standard InChI is InChI=1S/C6H11O2/c1-3-4-5-8-6(2)7/h4H,3,5H2,1-2H3. The molecule has 0 saturated heterocycles. The molecule has 0 bridgehead atoms. The molecule has 0 aromatic rings. The Balaban J connectivity index is 2.82. The van der Waals surface area contributed by atoms with Gasteiger partial charge in [-0.3, -0.25) is 4.79 Å². The van der Waals surface area contributed by atoms with Gasteiger partial charge < -0.3 is 4.74 Å². The number of rotatable bonds is 3. The fraction of sp³-hybridized carbons (Fsp3) is 0.667. The first kappa shape index (κ1) is 7.47. The van der Waals surface area contributed by atoms with Crippen molar-refractivity contribution in [2.75, 3.05) is 6.61 Å². The van der Waals surface area contributed by atoms with E-state index in [4.69, 9.17) is 0 Å². The normalized spacial score (nSPS) is 8.75. The Morgan fingerprint density at radius 2 is 2.38 bits per heavy atom. The smallest absolute Gasteiger partial charge is 0.302 e. The summed E-state index contributed by atoms with van der Waals surface area (Å²) in [5, 5.41) is 0. The van der Waals surface area contributed by atoms with E-state index in [1.807, 2.05) is 13.3 Å². The Bertz CT molecular complexity index is 68.9. The molecule has 8 heavy (non-hydrogen) atoms. The van der Waals surface area contributed by atoms with Gasteiger partial charge in [0.1, 0.15) is 0 Å². The fourth-order valence-corrected chi connectivity index (χ4v) is 0.294. The Hall–Kier alpha value is -0.530. The second-order valence-electron chi connectivity index (χ2n) is 1.50. The van der Waals surface area contributed by atoms with Crippen LogP contribution in [-0.4, -0.2) is 12.6 Å². The predicted octanol–water partition coefficient (Wildman–Crippen LogP) is 1.16. The van der Waals surface area contributed by atoms with Crippen LogP contribution in [0.25, 0.3) is 0 Å². The number of ether oxygens (including phenoxy) is 1. The molecular formula is C6H11O2. The van der Waals surface area contributed by atoms with E-state index < -0.39 is 0 Å². The van der Waals surface area contributed by atoms with Gasteiger partial charge in [-0.05, 0) is 12.8 Å². The van der Waals surface area contributed by atoms with Crippen molar-refractivity contribution in [2.24, 2.45) is 0 Å². The highest BCUT2D eigenvalue weighted by atomic mass is 16.5. The Morgan fingerprint density at radius 1 is 1.75 bits per heavy atom. The summed E-state index contributed by atoms with van der Waals surface area (Å²) in [5.41, 5.74) is 0. The molecule has 0 aliphatic rings.